The molecule has 13 rings (SSSR count). The molecule has 4 heterocycles. The van der Waals surface area contributed by atoms with Crippen LogP contribution in [0.25, 0.3) is 122 Å². The molecule has 13 aromatic rings. The Morgan fingerprint density at radius 2 is 1.00 bits per heavy atom. The maximum atomic E-state index is 6.88. The van der Waals surface area contributed by atoms with E-state index >= 15 is 0 Å². The molecule has 0 aliphatic carbocycles. The molecular formula is C56H34N4O. The summed E-state index contributed by atoms with van der Waals surface area (Å²) in [4.78, 5) is 10.7. The van der Waals surface area contributed by atoms with E-state index < -0.39 is 0 Å². The van der Waals surface area contributed by atoms with Crippen LogP contribution in [0.4, 0.5) is 0 Å². The molecule has 5 heteroatoms. The molecular weight excluding hydrogens is 745 g/mol. The molecule has 0 N–H and O–H groups in total. The fourth-order valence-electron chi connectivity index (χ4n) is 9.62. The molecule has 0 spiro atoms. The molecule has 61 heavy (non-hydrogen) atoms. The van der Waals surface area contributed by atoms with Crippen molar-refractivity contribution in [2.24, 2.45) is 0 Å². The zero-order valence-corrected chi connectivity index (χ0v) is 32.8. The third-order valence-corrected chi connectivity index (χ3v) is 12.3. The van der Waals surface area contributed by atoms with Crippen molar-refractivity contribution in [3.63, 3.8) is 0 Å². The molecule has 0 aliphatic rings. The van der Waals surface area contributed by atoms with Crippen molar-refractivity contribution in [1.29, 1.82) is 0 Å². The Kier molecular flexibility index (Phi) is 7.24. The van der Waals surface area contributed by atoms with Gasteiger partial charge in [0.15, 0.2) is 5.58 Å². The van der Waals surface area contributed by atoms with Gasteiger partial charge in [-0.2, -0.15) is 0 Å². The number of para-hydroxylation sites is 5. The van der Waals surface area contributed by atoms with E-state index in [1.165, 1.54) is 21.8 Å². The van der Waals surface area contributed by atoms with Crippen LogP contribution in [-0.4, -0.2) is 19.1 Å². The van der Waals surface area contributed by atoms with E-state index in [4.69, 9.17) is 14.4 Å². The normalized spacial score (nSPS) is 11.9. The lowest BCUT2D eigenvalue weighted by Gasteiger charge is -2.13. The van der Waals surface area contributed by atoms with Crippen LogP contribution >= 0.6 is 0 Å². The summed E-state index contributed by atoms with van der Waals surface area (Å²) in [6.07, 6.45) is 0. The quantitative estimate of drug-likeness (QED) is 0.175. The number of aromatic nitrogens is 4. The monoisotopic (exact) mass is 778 g/mol. The molecule has 0 saturated carbocycles. The Hall–Kier alpha value is -8.28. The summed E-state index contributed by atoms with van der Waals surface area (Å²) in [5.41, 5.74) is 14.5. The highest BCUT2D eigenvalue weighted by atomic mass is 16.3. The number of hydrogen-bond donors (Lipinski definition) is 0. The molecule has 0 unspecified atom stereocenters. The SMILES string of the molecule is c1ccc(-c2nc(-n3c4ccccc4c4c(-c5cccc(-c6ccc7c(c6)c6ccccc6n7-c6ccccc6)c5)cc5c6ccccc6oc5c43)nc3ccccc23)cc1. The predicted molar refractivity (Wildman–Crippen MR) is 252 cm³/mol. The standard InChI is InChI=1S/C56H34N4O/c1-3-16-35(17-4-1)53-42-24-7-11-26-47(42)57-56(58-53)60-49-28-13-9-25-43(49)52-44(34-46-41-23-10-14-29-51(41)61-55(46)54(52)60)38-19-15-18-36(32-38)37-30-31-50-45(33-37)40-22-8-12-27-48(40)59(50)39-20-5-2-6-21-39/h1-34H. The van der Waals surface area contributed by atoms with Crippen LogP contribution < -0.4 is 0 Å². The number of fused-ring (bicyclic) bond motifs is 11. The first-order chi connectivity index (χ1) is 30.3. The van der Waals surface area contributed by atoms with Crippen molar-refractivity contribution in [2.75, 3.05) is 0 Å². The van der Waals surface area contributed by atoms with Crippen molar-refractivity contribution < 1.29 is 4.42 Å². The van der Waals surface area contributed by atoms with E-state index in [-0.39, 0.29) is 0 Å². The van der Waals surface area contributed by atoms with Crippen LogP contribution in [-0.2, 0) is 0 Å². The van der Waals surface area contributed by atoms with Crippen molar-refractivity contribution in [3.05, 3.63) is 206 Å². The second-order valence-electron chi connectivity index (χ2n) is 15.7. The van der Waals surface area contributed by atoms with Gasteiger partial charge in [0.1, 0.15) is 11.1 Å². The molecule has 0 amide bonds. The summed E-state index contributed by atoms with van der Waals surface area (Å²) >= 11 is 0. The van der Waals surface area contributed by atoms with E-state index in [2.05, 4.69) is 197 Å². The Morgan fingerprint density at radius 1 is 0.377 bits per heavy atom. The highest BCUT2D eigenvalue weighted by Crippen LogP contribution is 2.46. The molecule has 4 aromatic heterocycles. The molecule has 0 bridgehead atoms. The Bertz CT molecular complexity index is 3880. The van der Waals surface area contributed by atoms with Crippen molar-refractivity contribution in [1.82, 2.24) is 19.1 Å². The summed E-state index contributed by atoms with van der Waals surface area (Å²) in [7, 11) is 0. The number of nitrogens with zero attached hydrogens (tertiary/aromatic N) is 4. The summed E-state index contributed by atoms with van der Waals surface area (Å²) in [5.74, 6) is 0.597. The molecule has 5 nitrogen and oxygen atoms in total. The van der Waals surface area contributed by atoms with Crippen LogP contribution in [0.3, 0.4) is 0 Å². The third-order valence-electron chi connectivity index (χ3n) is 12.3. The lowest BCUT2D eigenvalue weighted by atomic mass is 9.94. The zero-order chi connectivity index (χ0) is 40.0. The van der Waals surface area contributed by atoms with Gasteiger partial charge in [0.2, 0.25) is 5.95 Å². The van der Waals surface area contributed by atoms with Crippen LogP contribution in [0.15, 0.2) is 211 Å². The summed E-state index contributed by atoms with van der Waals surface area (Å²) < 4.78 is 11.5. The number of rotatable bonds is 5. The number of furan rings is 1. The smallest absolute Gasteiger partial charge is 0.235 e. The first kappa shape index (κ1) is 33.7. The number of benzene rings is 9. The maximum absolute atomic E-state index is 6.88. The molecule has 0 aliphatic heterocycles. The minimum absolute atomic E-state index is 0.597. The first-order valence-electron chi connectivity index (χ1n) is 20.7. The van der Waals surface area contributed by atoms with Crippen molar-refractivity contribution in [2.45, 2.75) is 0 Å². The zero-order valence-electron chi connectivity index (χ0n) is 32.8. The van der Waals surface area contributed by atoms with Crippen molar-refractivity contribution >= 4 is 76.5 Å². The van der Waals surface area contributed by atoms with E-state index in [1.54, 1.807) is 0 Å². The van der Waals surface area contributed by atoms with Gasteiger partial charge >= 0.3 is 0 Å². The average Bonchev–Trinajstić information content (AvgIpc) is 3.99. The highest BCUT2D eigenvalue weighted by Gasteiger charge is 2.25. The molecule has 0 radical (unpaired) electrons. The van der Waals surface area contributed by atoms with E-state index in [9.17, 15) is 0 Å². The fourth-order valence-corrected chi connectivity index (χ4v) is 9.62. The average molecular weight is 779 g/mol. The van der Waals surface area contributed by atoms with Crippen LogP contribution in [0.2, 0.25) is 0 Å². The lowest BCUT2D eigenvalue weighted by Crippen LogP contribution is -2.03. The van der Waals surface area contributed by atoms with Crippen LogP contribution in [0.1, 0.15) is 0 Å². The minimum atomic E-state index is 0.597. The highest BCUT2D eigenvalue weighted by molar-refractivity contribution is 6.26. The van der Waals surface area contributed by atoms with Gasteiger partial charge in [-0.15, -0.1) is 0 Å². The second kappa shape index (κ2) is 13.1. The van der Waals surface area contributed by atoms with Gasteiger partial charge in [-0.3, -0.25) is 4.57 Å². The summed E-state index contributed by atoms with van der Waals surface area (Å²) in [6.45, 7) is 0. The Morgan fingerprint density at radius 3 is 1.84 bits per heavy atom. The molecule has 0 atom stereocenters. The molecule has 0 saturated heterocycles. The summed E-state index contributed by atoms with van der Waals surface area (Å²) in [5, 5.41) is 7.78. The topological polar surface area (TPSA) is 48.8 Å². The van der Waals surface area contributed by atoms with E-state index in [1.807, 2.05) is 18.2 Å². The number of hydrogen-bond acceptors (Lipinski definition) is 3. The third kappa shape index (κ3) is 5.08. The Balaban J connectivity index is 1.08. The van der Waals surface area contributed by atoms with E-state index in [0.717, 1.165) is 93.8 Å². The second-order valence-corrected chi connectivity index (χ2v) is 15.7. The fraction of sp³-hybridized carbons (Fsp3) is 0. The minimum Gasteiger partial charge on any atom is -0.454 e. The van der Waals surface area contributed by atoms with Gasteiger partial charge < -0.3 is 8.98 Å². The van der Waals surface area contributed by atoms with Gasteiger partial charge in [0.05, 0.1) is 27.8 Å². The largest absolute Gasteiger partial charge is 0.454 e. The van der Waals surface area contributed by atoms with Gasteiger partial charge in [0, 0.05) is 49.0 Å². The Labute approximate surface area is 350 Å². The molecule has 284 valence electrons. The maximum Gasteiger partial charge on any atom is 0.235 e. The van der Waals surface area contributed by atoms with E-state index in [0.29, 0.717) is 5.95 Å². The van der Waals surface area contributed by atoms with Gasteiger partial charge in [-0.25, -0.2) is 9.97 Å². The van der Waals surface area contributed by atoms with Gasteiger partial charge in [0.25, 0.3) is 0 Å². The predicted octanol–water partition coefficient (Wildman–Crippen LogP) is 14.7. The van der Waals surface area contributed by atoms with Gasteiger partial charge in [-0.05, 0) is 82.9 Å². The summed E-state index contributed by atoms with van der Waals surface area (Å²) in [6, 6.07) is 73.1. The first-order valence-corrected chi connectivity index (χ1v) is 20.7. The van der Waals surface area contributed by atoms with Crippen LogP contribution in [0, 0.1) is 0 Å². The van der Waals surface area contributed by atoms with Crippen molar-refractivity contribution in [3.8, 4) is 45.1 Å². The lowest BCUT2D eigenvalue weighted by molar-refractivity contribution is 0.671. The molecule has 9 aromatic carbocycles. The van der Waals surface area contributed by atoms with Crippen LogP contribution in [0.5, 0.6) is 0 Å². The van der Waals surface area contributed by atoms with Gasteiger partial charge in [-0.1, -0.05) is 146 Å². The molecule has 0 fully saturated rings.